The smallest absolute Gasteiger partial charge is 0.0744 e. The second kappa shape index (κ2) is 3.19. The second-order valence-corrected chi connectivity index (χ2v) is 6.10. The first kappa shape index (κ1) is 8.27. The monoisotopic (exact) mass is 189 g/mol. The molecule has 2 rings (SSSR count). The summed E-state index contributed by atoms with van der Waals surface area (Å²) in [5.41, 5.74) is 0. The minimum Gasteiger partial charge on any atom is -0.302 e. The fourth-order valence-corrected chi connectivity index (χ4v) is 4.65. The number of rotatable bonds is 0. The highest BCUT2D eigenvalue weighted by atomic mass is 32.2. The van der Waals surface area contributed by atoms with Crippen molar-refractivity contribution in [3.63, 3.8) is 0 Å². The highest BCUT2D eigenvalue weighted by Crippen LogP contribution is 2.40. The Hall–Kier alpha value is 0.660. The van der Waals surface area contributed by atoms with Crippen LogP contribution < -0.4 is 5.32 Å². The average Bonchev–Trinajstić information content (AvgIpc) is 2.45. The lowest BCUT2D eigenvalue weighted by Gasteiger charge is -2.36. The molecule has 2 aliphatic rings. The lowest BCUT2D eigenvalue weighted by molar-refractivity contribution is 0.439. The molecule has 3 heteroatoms. The van der Waals surface area contributed by atoms with Gasteiger partial charge in [0.05, 0.1) is 4.87 Å². The third-order valence-corrected chi connectivity index (χ3v) is 5.56. The number of thioether (sulfide) groups is 2. The van der Waals surface area contributed by atoms with Crippen LogP contribution in [-0.2, 0) is 0 Å². The first-order chi connectivity index (χ1) is 5.31. The molecule has 2 saturated heterocycles. The van der Waals surface area contributed by atoms with Gasteiger partial charge in [-0.3, -0.25) is 0 Å². The number of hydrogen-bond acceptors (Lipinski definition) is 3. The van der Waals surface area contributed by atoms with Crippen molar-refractivity contribution in [1.82, 2.24) is 5.32 Å². The van der Waals surface area contributed by atoms with Crippen molar-refractivity contribution in [2.45, 2.75) is 18.2 Å². The van der Waals surface area contributed by atoms with E-state index in [0.717, 1.165) is 5.92 Å². The Labute approximate surface area is 77.1 Å². The molecule has 0 bridgehead atoms. The van der Waals surface area contributed by atoms with Gasteiger partial charge in [-0.2, -0.15) is 11.8 Å². The molecule has 1 spiro atoms. The van der Waals surface area contributed by atoms with Gasteiger partial charge in [-0.1, -0.05) is 6.92 Å². The van der Waals surface area contributed by atoms with E-state index < -0.39 is 0 Å². The highest BCUT2D eigenvalue weighted by molar-refractivity contribution is 8.04. The Morgan fingerprint density at radius 3 is 3.00 bits per heavy atom. The van der Waals surface area contributed by atoms with Gasteiger partial charge in [0.1, 0.15) is 0 Å². The normalized spacial score (nSPS) is 45.0. The van der Waals surface area contributed by atoms with Crippen LogP contribution in [0.4, 0.5) is 0 Å². The summed E-state index contributed by atoms with van der Waals surface area (Å²) in [7, 11) is 0. The van der Waals surface area contributed by atoms with Crippen LogP contribution in [0, 0.1) is 5.92 Å². The van der Waals surface area contributed by atoms with E-state index in [9.17, 15) is 0 Å². The summed E-state index contributed by atoms with van der Waals surface area (Å²) in [6, 6.07) is 0. The van der Waals surface area contributed by atoms with Crippen molar-refractivity contribution < 1.29 is 0 Å². The molecule has 0 aliphatic carbocycles. The lowest BCUT2D eigenvalue weighted by atomic mass is 10.1. The number of hydrogen-bond donors (Lipinski definition) is 1. The summed E-state index contributed by atoms with van der Waals surface area (Å²) >= 11 is 4.25. The van der Waals surface area contributed by atoms with Crippen LogP contribution in [0.15, 0.2) is 0 Å². The van der Waals surface area contributed by atoms with Crippen molar-refractivity contribution in [3.05, 3.63) is 0 Å². The summed E-state index contributed by atoms with van der Waals surface area (Å²) in [5, 5.41) is 3.69. The van der Waals surface area contributed by atoms with Gasteiger partial charge in [0.25, 0.3) is 0 Å². The van der Waals surface area contributed by atoms with E-state index in [-0.39, 0.29) is 0 Å². The fourth-order valence-electron chi connectivity index (χ4n) is 1.57. The summed E-state index contributed by atoms with van der Waals surface area (Å²) in [6.45, 7) is 3.56. The molecule has 2 fully saturated rings. The highest BCUT2D eigenvalue weighted by Gasteiger charge is 2.37. The molecule has 1 N–H and O–H groups in total. The van der Waals surface area contributed by atoms with Crippen molar-refractivity contribution >= 4 is 23.5 Å². The van der Waals surface area contributed by atoms with Crippen molar-refractivity contribution in [3.8, 4) is 0 Å². The Bertz CT molecular complexity index is 133. The molecule has 0 aromatic heterocycles. The Morgan fingerprint density at radius 1 is 1.55 bits per heavy atom. The zero-order valence-electron chi connectivity index (χ0n) is 6.93. The Balaban J connectivity index is 1.94. The van der Waals surface area contributed by atoms with Crippen LogP contribution >= 0.6 is 23.5 Å². The molecule has 1 nitrogen and oxygen atoms in total. The van der Waals surface area contributed by atoms with E-state index in [2.05, 4.69) is 35.8 Å². The Kier molecular flexibility index (Phi) is 2.40. The van der Waals surface area contributed by atoms with E-state index >= 15 is 0 Å². The first-order valence-corrected chi connectivity index (χ1v) is 6.41. The molecule has 64 valence electrons. The lowest BCUT2D eigenvalue weighted by Crippen LogP contribution is -2.48. The topological polar surface area (TPSA) is 12.0 Å². The molecule has 2 heterocycles. The van der Waals surface area contributed by atoms with E-state index in [1.807, 2.05) is 0 Å². The number of nitrogens with one attached hydrogen (secondary N) is 1. The van der Waals surface area contributed by atoms with Crippen molar-refractivity contribution in [2.75, 3.05) is 23.8 Å². The van der Waals surface area contributed by atoms with Crippen molar-refractivity contribution in [2.24, 2.45) is 5.92 Å². The van der Waals surface area contributed by atoms with Gasteiger partial charge in [0, 0.05) is 5.75 Å². The molecule has 0 radical (unpaired) electrons. The molecular weight excluding hydrogens is 174 g/mol. The van der Waals surface area contributed by atoms with E-state index in [1.165, 1.54) is 30.2 Å². The zero-order chi connectivity index (χ0) is 7.73. The van der Waals surface area contributed by atoms with Gasteiger partial charge in [0.2, 0.25) is 0 Å². The summed E-state index contributed by atoms with van der Waals surface area (Å²) in [4.78, 5) is 0.483. The largest absolute Gasteiger partial charge is 0.302 e. The standard InChI is InChI=1S/C8H15NS2/c1-7-4-9-8(11-5-7)2-3-10-6-8/h7,9H,2-6H2,1H3. The van der Waals surface area contributed by atoms with Gasteiger partial charge in [-0.15, -0.1) is 11.8 Å². The van der Waals surface area contributed by atoms with Crippen LogP contribution in [0.1, 0.15) is 13.3 Å². The summed E-state index contributed by atoms with van der Waals surface area (Å²) in [6.07, 6.45) is 1.37. The molecule has 2 unspecified atom stereocenters. The Morgan fingerprint density at radius 2 is 2.45 bits per heavy atom. The van der Waals surface area contributed by atoms with Gasteiger partial charge >= 0.3 is 0 Å². The van der Waals surface area contributed by atoms with Crippen LogP contribution in [0.3, 0.4) is 0 Å². The fraction of sp³-hybridized carbons (Fsp3) is 1.00. The second-order valence-electron chi connectivity index (χ2n) is 3.59. The van der Waals surface area contributed by atoms with Crippen LogP contribution in [-0.4, -0.2) is 28.7 Å². The molecule has 2 atom stereocenters. The van der Waals surface area contributed by atoms with E-state index in [4.69, 9.17) is 0 Å². The van der Waals surface area contributed by atoms with Crippen molar-refractivity contribution in [1.29, 1.82) is 0 Å². The molecule has 0 saturated carbocycles. The van der Waals surface area contributed by atoms with Gasteiger partial charge in [-0.25, -0.2) is 0 Å². The van der Waals surface area contributed by atoms with Gasteiger partial charge in [-0.05, 0) is 30.4 Å². The van der Waals surface area contributed by atoms with E-state index in [1.54, 1.807) is 0 Å². The SMILES string of the molecule is CC1CNC2(CCSC2)SC1. The predicted molar refractivity (Wildman–Crippen MR) is 54.3 cm³/mol. The quantitative estimate of drug-likeness (QED) is 0.624. The molecule has 2 aliphatic heterocycles. The van der Waals surface area contributed by atoms with E-state index in [0.29, 0.717) is 4.87 Å². The molecule has 0 aromatic rings. The van der Waals surface area contributed by atoms with Gasteiger partial charge in [0.15, 0.2) is 0 Å². The first-order valence-electron chi connectivity index (χ1n) is 4.27. The molecule has 11 heavy (non-hydrogen) atoms. The maximum atomic E-state index is 3.69. The van der Waals surface area contributed by atoms with Crippen LogP contribution in [0.25, 0.3) is 0 Å². The molecule has 0 aromatic carbocycles. The summed E-state index contributed by atoms with van der Waals surface area (Å²) in [5.74, 6) is 4.91. The molecule has 0 amide bonds. The van der Waals surface area contributed by atoms with Crippen LogP contribution in [0.2, 0.25) is 0 Å². The third kappa shape index (κ3) is 1.70. The predicted octanol–water partition coefficient (Wildman–Crippen LogP) is 1.79. The summed E-state index contributed by atoms with van der Waals surface area (Å²) < 4.78 is 0. The third-order valence-electron chi connectivity index (χ3n) is 2.40. The maximum absolute atomic E-state index is 3.69. The van der Waals surface area contributed by atoms with Gasteiger partial charge < -0.3 is 5.32 Å². The zero-order valence-corrected chi connectivity index (χ0v) is 8.56. The minimum absolute atomic E-state index is 0.483. The average molecular weight is 189 g/mol. The minimum atomic E-state index is 0.483. The van der Waals surface area contributed by atoms with Crippen LogP contribution in [0.5, 0.6) is 0 Å². The maximum Gasteiger partial charge on any atom is 0.0744 e. The molecular formula is C8H15NS2.